The molecule has 2 aliphatic rings. The summed E-state index contributed by atoms with van der Waals surface area (Å²) in [5, 5.41) is 3.81. The van der Waals surface area contributed by atoms with E-state index >= 15 is 0 Å². The highest BCUT2D eigenvalue weighted by Gasteiger charge is 2.32. The number of amides is 2. The van der Waals surface area contributed by atoms with Crippen molar-refractivity contribution in [3.05, 3.63) is 33.9 Å². The van der Waals surface area contributed by atoms with Crippen LogP contribution in [0.25, 0.3) is 0 Å². The van der Waals surface area contributed by atoms with E-state index in [0.717, 1.165) is 23.5 Å². The van der Waals surface area contributed by atoms with Gasteiger partial charge in [0.15, 0.2) is 5.82 Å². The number of pyridine rings is 1. The third-order valence-electron chi connectivity index (χ3n) is 4.58. The highest BCUT2D eigenvalue weighted by Crippen LogP contribution is 2.38. The van der Waals surface area contributed by atoms with E-state index < -0.39 is 0 Å². The molecule has 0 aromatic carbocycles. The van der Waals surface area contributed by atoms with Gasteiger partial charge in [0.25, 0.3) is 5.91 Å². The number of aromatic nitrogens is 2. The van der Waals surface area contributed by atoms with Crippen LogP contribution in [0.2, 0.25) is 0 Å². The van der Waals surface area contributed by atoms with Crippen molar-refractivity contribution in [3.8, 4) is 0 Å². The summed E-state index contributed by atoms with van der Waals surface area (Å²) in [6.07, 6.45) is 6.39. The maximum Gasteiger partial charge on any atom is 0.271 e. The number of hydrogen-bond donors (Lipinski definition) is 1. The zero-order valence-corrected chi connectivity index (χ0v) is 14.2. The van der Waals surface area contributed by atoms with Crippen LogP contribution in [-0.2, 0) is 4.79 Å². The van der Waals surface area contributed by atoms with Crippen LogP contribution in [0.1, 0.15) is 52.0 Å². The maximum atomic E-state index is 13.0. The number of anilines is 2. The summed E-state index contributed by atoms with van der Waals surface area (Å²) in [6, 6.07) is 3.49. The molecule has 0 unspecified atom stereocenters. The normalized spacial score (nSPS) is 17.7. The second kappa shape index (κ2) is 5.98. The molecule has 1 fully saturated rings. The van der Waals surface area contributed by atoms with Crippen LogP contribution in [0, 0.1) is 6.92 Å². The molecule has 2 amide bonds. The fourth-order valence-electron chi connectivity index (χ4n) is 3.37. The quantitative estimate of drug-likeness (QED) is 0.910. The van der Waals surface area contributed by atoms with Gasteiger partial charge >= 0.3 is 0 Å². The second-order valence-corrected chi connectivity index (χ2v) is 7.29. The number of rotatable bonds is 2. The summed E-state index contributed by atoms with van der Waals surface area (Å²) in [4.78, 5) is 35.9. The molecule has 3 heterocycles. The first kappa shape index (κ1) is 15.3. The van der Waals surface area contributed by atoms with E-state index in [1.54, 1.807) is 18.3 Å². The topological polar surface area (TPSA) is 75.2 Å². The van der Waals surface area contributed by atoms with Crippen molar-refractivity contribution in [1.82, 2.24) is 9.97 Å². The molecule has 6 nitrogen and oxygen atoms in total. The Hall–Kier alpha value is -2.28. The minimum absolute atomic E-state index is 0.0149. The molecule has 0 spiro atoms. The minimum Gasteiger partial charge on any atom is -0.321 e. The van der Waals surface area contributed by atoms with Gasteiger partial charge in [0.1, 0.15) is 11.4 Å². The van der Waals surface area contributed by atoms with Crippen molar-refractivity contribution >= 4 is 34.7 Å². The molecule has 7 heteroatoms. The molecule has 0 saturated heterocycles. The molecule has 1 saturated carbocycles. The Labute approximate surface area is 143 Å². The molecular weight excluding hydrogens is 324 g/mol. The van der Waals surface area contributed by atoms with Crippen LogP contribution in [0.5, 0.6) is 0 Å². The van der Waals surface area contributed by atoms with Gasteiger partial charge in [0, 0.05) is 12.1 Å². The summed E-state index contributed by atoms with van der Waals surface area (Å²) in [6.45, 7) is 1.85. The predicted molar refractivity (Wildman–Crippen MR) is 92.6 cm³/mol. The van der Waals surface area contributed by atoms with Gasteiger partial charge in [-0.05, 0) is 31.9 Å². The van der Waals surface area contributed by atoms with E-state index in [4.69, 9.17) is 0 Å². The molecular formula is C17H18N4O2S. The smallest absolute Gasteiger partial charge is 0.271 e. The number of carbonyl (C=O) groups excluding carboxylic acids is 2. The van der Waals surface area contributed by atoms with Crippen molar-refractivity contribution in [1.29, 1.82) is 0 Å². The second-order valence-electron chi connectivity index (χ2n) is 6.26. The van der Waals surface area contributed by atoms with E-state index in [-0.39, 0.29) is 18.4 Å². The highest BCUT2D eigenvalue weighted by molar-refractivity contribution is 7.14. The number of aryl methyl sites for hydroxylation is 1. The highest BCUT2D eigenvalue weighted by atomic mass is 32.1. The Morgan fingerprint density at radius 1 is 1.38 bits per heavy atom. The average molecular weight is 342 g/mol. The Bertz CT molecular complexity index is 811. The Morgan fingerprint density at radius 3 is 2.96 bits per heavy atom. The Kier molecular flexibility index (Phi) is 3.80. The van der Waals surface area contributed by atoms with Crippen molar-refractivity contribution in [2.45, 2.75) is 38.5 Å². The monoisotopic (exact) mass is 342 g/mol. The molecule has 1 aliphatic carbocycles. The van der Waals surface area contributed by atoms with Crippen molar-refractivity contribution in [3.63, 3.8) is 0 Å². The van der Waals surface area contributed by atoms with Crippen LogP contribution in [0.4, 0.5) is 11.5 Å². The lowest BCUT2D eigenvalue weighted by Gasteiger charge is -2.27. The largest absolute Gasteiger partial charge is 0.321 e. The molecule has 0 radical (unpaired) electrons. The zero-order valence-electron chi connectivity index (χ0n) is 13.4. The lowest BCUT2D eigenvalue weighted by atomic mass is 10.1. The van der Waals surface area contributed by atoms with Crippen LogP contribution >= 0.6 is 11.3 Å². The fraction of sp³-hybridized carbons (Fsp3) is 0.412. The van der Waals surface area contributed by atoms with Gasteiger partial charge < -0.3 is 5.32 Å². The van der Waals surface area contributed by atoms with Gasteiger partial charge in [-0.25, -0.2) is 9.97 Å². The molecule has 0 bridgehead atoms. The van der Waals surface area contributed by atoms with E-state index in [1.165, 1.54) is 29.1 Å². The fourth-order valence-corrected chi connectivity index (χ4v) is 4.56. The summed E-state index contributed by atoms with van der Waals surface area (Å²) in [7, 11) is 0. The Balaban J connectivity index is 1.68. The molecule has 4 rings (SSSR count). The molecule has 2 aromatic heterocycles. The van der Waals surface area contributed by atoms with Gasteiger partial charge in [-0.3, -0.25) is 14.5 Å². The summed E-state index contributed by atoms with van der Waals surface area (Å²) >= 11 is 1.47. The third-order valence-corrected chi connectivity index (χ3v) is 5.88. The van der Waals surface area contributed by atoms with Gasteiger partial charge in [0.05, 0.1) is 16.4 Å². The number of nitrogens with one attached hydrogen (secondary N) is 1. The van der Waals surface area contributed by atoms with E-state index in [9.17, 15) is 9.59 Å². The molecule has 1 N–H and O–H groups in total. The molecule has 0 atom stereocenters. The lowest BCUT2D eigenvalue weighted by molar-refractivity contribution is -0.115. The summed E-state index contributed by atoms with van der Waals surface area (Å²) in [5.41, 5.74) is 1.32. The first-order valence-electron chi connectivity index (χ1n) is 8.17. The summed E-state index contributed by atoms with van der Waals surface area (Å²) in [5.74, 6) is 0.578. The maximum absolute atomic E-state index is 13.0. The number of thiazole rings is 1. The van der Waals surface area contributed by atoms with E-state index in [1.807, 2.05) is 6.92 Å². The number of fused-ring (bicyclic) bond motifs is 1. The number of hydrogen-bond acceptors (Lipinski definition) is 5. The standard InChI is InChI=1S/C17H18N4O2S/c1-10-14(24-16(19-10)11-5-2-3-6-11)17(23)21-9-13(22)20-12-7-4-8-18-15(12)21/h4,7-8,11H,2-3,5-6,9H2,1H3,(H,20,22). The molecule has 24 heavy (non-hydrogen) atoms. The van der Waals surface area contributed by atoms with Crippen molar-refractivity contribution in [2.24, 2.45) is 0 Å². The predicted octanol–water partition coefficient (Wildman–Crippen LogP) is 3.10. The molecule has 1 aliphatic heterocycles. The first-order valence-corrected chi connectivity index (χ1v) is 8.99. The van der Waals surface area contributed by atoms with Crippen LogP contribution in [0.3, 0.4) is 0 Å². The van der Waals surface area contributed by atoms with Crippen LogP contribution in [-0.4, -0.2) is 28.3 Å². The van der Waals surface area contributed by atoms with Crippen molar-refractivity contribution < 1.29 is 9.59 Å². The minimum atomic E-state index is -0.206. The first-order chi connectivity index (χ1) is 11.6. The van der Waals surface area contributed by atoms with Crippen LogP contribution in [0.15, 0.2) is 18.3 Å². The van der Waals surface area contributed by atoms with E-state index in [0.29, 0.717) is 22.3 Å². The van der Waals surface area contributed by atoms with Crippen LogP contribution < -0.4 is 10.2 Å². The van der Waals surface area contributed by atoms with Gasteiger partial charge in [-0.15, -0.1) is 11.3 Å². The van der Waals surface area contributed by atoms with Gasteiger partial charge in [-0.1, -0.05) is 12.8 Å². The number of carbonyl (C=O) groups is 2. The molecule has 2 aromatic rings. The zero-order chi connectivity index (χ0) is 16.7. The lowest BCUT2D eigenvalue weighted by Crippen LogP contribution is -2.42. The van der Waals surface area contributed by atoms with Crippen molar-refractivity contribution in [2.75, 3.05) is 16.8 Å². The number of nitrogens with zero attached hydrogens (tertiary/aromatic N) is 3. The average Bonchev–Trinajstić information content (AvgIpc) is 3.22. The Morgan fingerprint density at radius 2 is 2.17 bits per heavy atom. The van der Waals surface area contributed by atoms with E-state index in [2.05, 4.69) is 15.3 Å². The van der Waals surface area contributed by atoms with Gasteiger partial charge in [0.2, 0.25) is 5.91 Å². The summed E-state index contributed by atoms with van der Waals surface area (Å²) < 4.78 is 0. The SMILES string of the molecule is Cc1nc(C2CCCC2)sc1C(=O)N1CC(=O)Nc2cccnc21. The third kappa shape index (κ3) is 2.58. The van der Waals surface area contributed by atoms with Gasteiger partial charge in [-0.2, -0.15) is 0 Å². The molecule has 124 valence electrons.